The van der Waals surface area contributed by atoms with Gasteiger partial charge in [-0.25, -0.2) is 0 Å². The molecule has 9 nitrogen and oxygen atoms in total. The van der Waals surface area contributed by atoms with Gasteiger partial charge >= 0.3 is 5.97 Å². The Balaban J connectivity index is -0.00000227. The van der Waals surface area contributed by atoms with Gasteiger partial charge in [-0.1, -0.05) is 90.9 Å². The lowest BCUT2D eigenvalue weighted by Crippen LogP contribution is -2.36. The van der Waals surface area contributed by atoms with Crippen molar-refractivity contribution in [3.05, 3.63) is 0 Å². The molecule has 0 fully saturated rings. The number of hydrogen-bond acceptors (Lipinski definition) is 5. The van der Waals surface area contributed by atoms with Crippen molar-refractivity contribution < 1.29 is 34.2 Å². The molecule has 224 valence electrons. The molecule has 0 aromatic rings. The highest BCUT2D eigenvalue weighted by molar-refractivity contribution is 7.96. The smallest absolute Gasteiger partial charge is 0.303 e. The third-order valence-electron chi connectivity index (χ3n) is 5.70. The zero-order valence-corrected chi connectivity index (χ0v) is 24.9. The zero-order valence-electron chi connectivity index (χ0n) is 24.0. The van der Waals surface area contributed by atoms with E-state index in [1.165, 1.54) is 57.8 Å². The van der Waals surface area contributed by atoms with Crippen molar-refractivity contribution in [3.8, 4) is 0 Å². The number of carbonyl (C=O) groups excluding carboxylic acids is 3. The highest BCUT2D eigenvalue weighted by Crippen LogP contribution is 2.13. The monoisotopic (exact) mass is 562 g/mol. The van der Waals surface area contributed by atoms with Crippen molar-refractivity contribution >= 4 is 42.0 Å². The first-order chi connectivity index (χ1) is 18.2. The molecule has 2 amide bonds. The van der Waals surface area contributed by atoms with E-state index in [0.717, 1.165) is 32.1 Å². The first kappa shape index (κ1) is 40.4. The first-order valence-electron chi connectivity index (χ1n) is 14.3. The van der Waals surface area contributed by atoms with Crippen LogP contribution in [0.25, 0.3) is 0 Å². The van der Waals surface area contributed by atoms with Gasteiger partial charge in [-0.15, -0.1) is 12.6 Å². The minimum absolute atomic E-state index is 0.0381. The van der Waals surface area contributed by atoms with Gasteiger partial charge < -0.3 is 20.8 Å². The minimum atomic E-state index is -0.688. The molecular weight excluding hydrogens is 508 g/mol. The molecule has 0 aromatic heterocycles. The molecule has 0 rings (SSSR count). The predicted molar refractivity (Wildman–Crippen MR) is 155 cm³/mol. The average Bonchev–Trinajstić information content (AvgIpc) is 2.87. The molecule has 10 heteroatoms. The van der Waals surface area contributed by atoms with Crippen LogP contribution < -0.4 is 10.6 Å². The summed E-state index contributed by atoms with van der Waals surface area (Å²) in [5.74, 6) is -0.854. The SMILES string of the molecule is CC.CC(NC(=O)CCCNC(=O)CCCCCCCCCCCCCCCCC(=O)O)C(=O)S.O=CO. The molecule has 1 unspecified atom stereocenters. The summed E-state index contributed by atoms with van der Waals surface area (Å²) in [6.45, 7) is 5.81. The number of hydrogen-bond donors (Lipinski definition) is 5. The number of amides is 2. The zero-order chi connectivity index (χ0) is 29.4. The van der Waals surface area contributed by atoms with Crippen LogP contribution in [0.4, 0.5) is 0 Å². The Bertz CT molecular complexity index is 604. The predicted octanol–water partition coefficient (Wildman–Crippen LogP) is 5.90. The van der Waals surface area contributed by atoms with Crippen LogP contribution in [0, 0.1) is 0 Å². The topological polar surface area (TPSA) is 150 Å². The fourth-order valence-corrected chi connectivity index (χ4v) is 3.69. The second-order valence-electron chi connectivity index (χ2n) is 9.03. The van der Waals surface area contributed by atoms with Crippen molar-refractivity contribution in [2.75, 3.05) is 6.54 Å². The van der Waals surface area contributed by atoms with Gasteiger partial charge in [0.2, 0.25) is 16.9 Å². The summed E-state index contributed by atoms with van der Waals surface area (Å²) < 4.78 is 0. The maximum Gasteiger partial charge on any atom is 0.303 e. The van der Waals surface area contributed by atoms with Crippen LogP contribution in [-0.2, 0) is 24.0 Å². The van der Waals surface area contributed by atoms with Crippen LogP contribution in [0.1, 0.15) is 136 Å². The Hall–Kier alpha value is -2.10. The van der Waals surface area contributed by atoms with Gasteiger partial charge in [-0.3, -0.25) is 24.0 Å². The second-order valence-corrected chi connectivity index (χ2v) is 9.47. The number of carboxylic acid groups (broad SMARTS) is 2. The third kappa shape index (κ3) is 36.1. The van der Waals surface area contributed by atoms with E-state index >= 15 is 0 Å². The maximum atomic E-state index is 11.8. The van der Waals surface area contributed by atoms with Crippen LogP contribution >= 0.6 is 12.6 Å². The van der Waals surface area contributed by atoms with Crippen LogP contribution in [0.2, 0.25) is 0 Å². The van der Waals surface area contributed by atoms with E-state index in [0.29, 0.717) is 25.8 Å². The van der Waals surface area contributed by atoms with Crippen molar-refractivity contribution in [2.24, 2.45) is 0 Å². The lowest BCUT2D eigenvalue weighted by molar-refractivity contribution is -0.137. The van der Waals surface area contributed by atoms with E-state index in [4.69, 9.17) is 15.0 Å². The summed E-state index contributed by atoms with van der Waals surface area (Å²) in [6, 6.07) is -0.588. The number of unbranched alkanes of at least 4 members (excludes halogenated alkanes) is 13. The lowest BCUT2D eigenvalue weighted by atomic mass is 10.0. The maximum absolute atomic E-state index is 11.8. The summed E-state index contributed by atoms with van der Waals surface area (Å²) in [5.41, 5.74) is 0. The van der Waals surface area contributed by atoms with Crippen LogP contribution in [0.3, 0.4) is 0 Å². The Morgan fingerprint density at radius 2 is 1.03 bits per heavy atom. The molecule has 0 aliphatic carbocycles. The number of nitrogens with one attached hydrogen (secondary N) is 2. The molecule has 0 heterocycles. The average molecular weight is 563 g/mol. The number of thiol groups is 1. The van der Waals surface area contributed by atoms with Crippen LogP contribution in [0.15, 0.2) is 0 Å². The summed E-state index contributed by atoms with van der Waals surface area (Å²) in [7, 11) is 0. The number of aliphatic carboxylic acids is 1. The largest absolute Gasteiger partial charge is 0.483 e. The highest BCUT2D eigenvalue weighted by Gasteiger charge is 2.11. The normalized spacial score (nSPS) is 10.6. The molecular formula is C28H54N2O7S. The molecule has 0 aliphatic heterocycles. The van der Waals surface area contributed by atoms with Gasteiger partial charge in [-0.05, 0) is 26.2 Å². The third-order valence-corrected chi connectivity index (χ3v) is 6.08. The molecule has 0 aliphatic rings. The molecule has 1 atom stereocenters. The van der Waals surface area contributed by atoms with E-state index in [9.17, 15) is 19.2 Å². The van der Waals surface area contributed by atoms with Gasteiger partial charge in [0.1, 0.15) is 0 Å². The molecule has 4 N–H and O–H groups in total. The van der Waals surface area contributed by atoms with E-state index in [-0.39, 0.29) is 29.8 Å². The summed E-state index contributed by atoms with van der Waals surface area (Å²) in [4.78, 5) is 53.2. The second kappa shape index (κ2) is 32.9. The van der Waals surface area contributed by atoms with Crippen molar-refractivity contribution in [1.82, 2.24) is 10.6 Å². The van der Waals surface area contributed by atoms with Gasteiger partial charge in [0.25, 0.3) is 6.47 Å². The Labute approximate surface area is 235 Å². The van der Waals surface area contributed by atoms with Crippen molar-refractivity contribution in [1.29, 1.82) is 0 Å². The van der Waals surface area contributed by atoms with Crippen molar-refractivity contribution in [3.63, 3.8) is 0 Å². The molecule has 0 saturated carbocycles. The minimum Gasteiger partial charge on any atom is -0.483 e. The molecule has 0 radical (unpaired) electrons. The summed E-state index contributed by atoms with van der Waals surface area (Å²) in [6.07, 6.45) is 18.0. The van der Waals surface area contributed by atoms with E-state index in [2.05, 4.69) is 23.3 Å². The lowest BCUT2D eigenvalue weighted by Gasteiger charge is -2.10. The van der Waals surface area contributed by atoms with E-state index in [1.807, 2.05) is 13.8 Å². The first-order valence-corrected chi connectivity index (χ1v) is 14.8. The molecule has 0 saturated heterocycles. The fraction of sp³-hybridized carbons (Fsp3) is 0.821. The quantitative estimate of drug-likeness (QED) is 0.0591. The van der Waals surface area contributed by atoms with Crippen LogP contribution in [0.5, 0.6) is 0 Å². The van der Waals surface area contributed by atoms with Gasteiger partial charge in [0.05, 0.1) is 6.04 Å². The molecule has 38 heavy (non-hydrogen) atoms. The number of rotatable bonds is 23. The Kier molecular flexibility index (Phi) is 35.0. The highest BCUT2D eigenvalue weighted by atomic mass is 32.1. The van der Waals surface area contributed by atoms with E-state index in [1.54, 1.807) is 6.92 Å². The van der Waals surface area contributed by atoms with Crippen LogP contribution in [-0.4, -0.2) is 52.2 Å². The standard InChI is InChI=1S/C25H46N2O5S.C2H6.CH2O2/c1-21(25(32)33)27-23(29)18-16-20-26-22(28)17-14-12-10-8-6-4-2-3-5-7-9-11-13-15-19-24(30)31;1-2;2-1-3/h21H,2-20H2,1H3,(H,26,28)(H,27,29)(H,30,31)(H,32,33);1-2H3;1H,(H,2,3). The summed E-state index contributed by atoms with van der Waals surface area (Å²) in [5, 5.41) is 20.5. The Morgan fingerprint density at radius 1 is 0.684 bits per heavy atom. The fourth-order valence-electron chi connectivity index (χ4n) is 3.62. The number of carboxylic acids is 1. The van der Waals surface area contributed by atoms with Gasteiger partial charge in [0, 0.05) is 25.8 Å². The molecule has 0 spiro atoms. The Morgan fingerprint density at radius 3 is 1.39 bits per heavy atom. The molecule has 0 aromatic carbocycles. The molecule has 0 bridgehead atoms. The van der Waals surface area contributed by atoms with Gasteiger partial charge in [-0.2, -0.15) is 0 Å². The summed E-state index contributed by atoms with van der Waals surface area (Å²) >= 11 is 3.68. The number of carbonyl (C=O) groups is 5. The van der Waals surface area contributed by atoms with Gasteiger partial charge in [0.15, 0.2) is 0 Å². The van der Waals surface area contributed by atoms with Crippen molar-refractivity contribution in [2.45, 2.75) is 142 Å². The van der Waals surface area contributed by atoms with E-state index < -0.39 is 12.0 Å².